The lowest BCUT2D eigenvalue weighted by molar-refractivity contribution is -0.113. The Balaban J connectivity index is 1.52. The Kier molecular flexibility index (Phi) is 6.44. The molecule has 9 heteroatoms. The number of rotatable bonds is 6. The van der Waals surface area contributed by atoms with Gasteiger partial charge in [0.1, 0.15) is 24.7 Å². The van der Waals surface area contributed by atoms with E-state index >= 15 is 0 Å². The van der Waals surface area contributed by atoms with Crippen molar-refractivity contribution in [3.8, 4) is 5.75 Å². The topological polar surface area (TPSA) is 81.1 Å². The number of anilines is 2. The molecule has 0 radical (unpaired) electrons. The van der Waals surface area contributed by atoms with Crippen molar-refractivity contribution in [2.24, 2.45) is 0 Å². The van der Waals surface area contributed by atoms with Gasteiger partial charge < -0.3 is 15.4 Å². The molecule has 3 aromatic carbocycles. The molecule has 1 aliphatic rings. The molecule has 1 amide bonds. The number of allylic oxidation sites excluding steroid dienone is 1. The van der Waals surface area contributed by atoms with Gasteiger partial charge in [0.15, 0.2) is 0 Å². The highest BCUT2D eigenvalue weighted by molar-refractivity contribution is 6.35. The van der Waals surface area contributed by atoms with Crippen LogP contribution in [-0.2, 0) is 11.4 Å². The summed E-state index contributed by atoms with van der Waals surface area (Å²) in [6, 6.07) is 21.6. The number of amides is 1. The van der Waals surface area contributed by atoms with E-state index in [0.717, 1.165) is 11.1 Å². The molecule has 35 heavy (non-hydrogen) atoms. The van der Waals surface area contributed by atoms with E-state index < -0.39 is 6.04 Å². The maximum atomic E-state index is 13.5. The van der Waals surface area contributed by atoms with Gasteiger partial charge in [-0.2, -0.15) is 10.1 Å². The maximum absolute atomic E-state index is 13.5. The fourth-order valence-corrected chi connectivity index (χ4v) is 4.49. The fraction of sp³-hybridized carbons (Fsp3) is 0.115. The van der Waals surface area contributed by atoms with Gasteiger partial charge in [-0.1, -0.05) is 65.7 Å². The second-order valence-corrected chi connectivity index (χ2v) is 8.82. The van der Waals surface area contributed by atoms with Crippen LogP contribution in [0, 0.1) is 0 Å². The van der Waals surface area contributed by atoms with Gasteiger partial charge in [0, 0.05) is 32.6 Å². The van der Waals surface area contributed by atoms with E-state index in [1.807, 2.05) is 67.6 Å². The highest BCUT2D eigenvalue weighted by Crippen LogP contribution is 2.39. The van der Waals surface area contributed by atoms with Crippen molar-refractivity contribution in [1.29, 1.82) is 0 Å². The highest BCUT2D eigenvalue weighted by atomic mass is 35.5. The lowest BCUT2D eigenvalue weighted by Crippen LogP contribution is -2.31. The molecule has 7 nitrogen and oxygen atoms in total. The molecular formula is C26H21Cl2N5O2. The summed E-state index contributed by atoms with van der Waals surface area (Å²) in [7, 11) is 0. The number of carbonyl (C=O) groups excluding carboxylic acids is 1. The van der Waals surface area contributed by atoms with Gasteiger partial charge in [0.2, 0.25) is 5.95 Å². The van der Waals surface area contributed by atoms with E-state index in [-0.39, 0.29) is 12.5 Å². The van der Waals surface area contributed by atoms with Crippen molar-refractivity contribution in [3.63, 3.8) is 0 Å². The smallest absolute Gasteiger partial charge is 0.255 e. The summed E-state index contributed by atoms with van der Waals surface area (Å²) < 4.78 is 7.89. The maximum Gasteiger partial charge on any atom is 0.255 e. The van der Waals surface area contributed by atoms with Crippen molar-refractivity contribution in [3.05, 3.63) is 112 Å². The zero-order valence-corrected chi connectivity index (χ0v) is 20.2. The minimum Gasteiger partial charge on any atom is -0.488 e. The molecule has 5 rings (SSSR count). The van der Waals surface area contributed by atoms with Crippen LogP contribution in [0.1, 0.15) is 24.1 Å². The molecule has 2 heterocycles. The molecule has 1 aromatic heterocycles. The van der Waals surface area contributed by atoms with Gasteiger partial charge >= 0.3 is 0 Å². The van der Waals surface area contributed by atoms with Crippen LogP contribution in [0.5, 0.6) is 5.75 Å². The number of hydrogen-bond donors (Lipinski definition) is 2. The predicted octanol–water partition coefficient (Wildman–Crippen LogP) is 6.09. The van der Waals surface area contributed by atoms with Gasteiger partial charge in [0.25, 0.3) is 5.91 Å². The summed E-state index contributed by atoms with van der Waals surface area (Å²) in [6.45, 7) is 2.08. The molecule has 1 unspecified atom stereocenters. The number of carbonyl (C=O) groups is 1. The van der Waals surface area contributed by atoms with Crippen molar-refractivity contribution in [1.82, 2.24) is 14.8 Å². The van der Waals surface area contributed by atoms with Gasteiger partial charge in [-0.3, -0.25) is 4.79 Å². The largest absolute Gasteiger partial charge is 0.488 e. The quantitative estimate of drug-likeness (QED) is 0.331. The molecule has 2 N–H and O–H groups in total. The Labute approximate surface area is 212 Å². The Hall–Kier alpha value is -3.81. The third-order valence-corrected chi connectivity index (χ3v) is 6.27. The normalized spacial score (nSPS) is 14.8. The van der Waals surface area contributed by atoms with Crippen LogP contribution in [0.3, 0.4) is 0 Å². The number of para-hydroxylation sites is 2. The Morgan fingerprint density at radius 1 is 1.09 bits per heavy atom. The highest BCUT2D eigenvalue weighted by Gasteiger charge is 2.35. The van der Waals surface area contributed by atoms with Crippen LogP contribution in [0.25, 0.3) is 0 Å². The van der Waals surface area contributed by atoms with Crippen LogP contribution in [-0.4, -0.2) is 20.7 Å². The lowest BCUT2D eigenvalue weighted by atomic mass is 9.94. The third kappa shape index (κ3) is 4.73. The van der Waals surface area contributed by atoms with E-state index in [2.05, 4.69) is 20.7 Å². The van der Waals surface area contributed by atoms with Gasteiger partial charge in [0.05, 0.1) is 5.57 Å². The first-order valence-electron chi connectivity index (χ1n) is 10.9. The second kappa shape index (κ2) is 9.82. The molecular weight excluding hydrogens is 485 g/mol. The number of nitrogens with zero attached hydrogens (tertiary/aromatic N) is 3. The molecule has 1 atom stereocenters. The molecule has 0 saturated heterocycles. The van der Waals surface area contributed by atoms with Gasteiger partial charge in [-0.05, 0) is 37.3 Å². The van der Waals surface area contributed by atoms with Crippen molar-refractivity contribution in [2.45, 2.75) is 19.6 Å². The zero-order chi connectivity index (χ0) is 24.4. The predicted molar refractivity (Wildman–Crippen MR) is 137 cm³/mol. The van der Waals surface area contributed by atoms with Crippen LogP contribution < -0.4 is 15.4 Å². The number of nitrogens with one attached hydrogen (secondary N) is 2. The first-order valence-corrected chi connectivity index (χ1v) is 11.7. The monoisotopic (exact) mass is 505 g/mol. The number of fused-ring (bicyclic) bond motifs is 1. The average molecular weight is 506 g/mol. The summed E-state index contributed by atoms with van der Waals surface area (Å²) in [5.41, 5.74) is 3.45. The Morgan fingerprint density at radius 2 is 1.86 bits per heavy atom. The van der Waals surface area contributed by atoms with E-state index in [4.69, 9.17) is 27.9 Å². The summed E-state index contributed by atoms with van der Waals surface area (Å²) in [4.78, 5) is 17.8. The van der Waals surface area contributed by atoms with Crippen LogP contribution in [0.2, 0.25) is 10.0 Å². The van der Waals surface area contributed by atoms with Crippen molar-refractivity contribution < 1.29 is 9.53 Å². The zero-order valence-electron chi connectivity index (χ0n) is 18.7. The Bertz CT molecular complexity index is 1420. The molecule has 0 bridgehead atoms. The molecule has 0 spiro atoms. The summed E-state index contributed by atoms with van der Waals surface area (Å²) >= 11 is 12.4. The fourth-order valence-electron chi connectivity index (χ4n) is 4.02. The summed E-state index contributed by atoms with van der Waals surface area (Å²) in [6.07, 6.45) is 1.46. The first kappa shape index (κ1) is 23.0. The van der Waals surface area contributed by atoms with Gasteiger partial charge in [-0.25, -0.2) is 4.68 Å². The van der Waals surface area contributed by atoms with Crippen molar-refractivity contribution >= 4 is 40.7 Å². The molecule has 1 aliphatic heterocycles. The molecule has 0 fully saturated rings. The third-order valence-electron chi connectivity index (χ3n) is 5.68. The standard InChI is InChI=1S/C26H21Cl2N5O2/c1-16-23(25(34)32-19-7-3-2-4-8-19)24(33-26(31-16)29-15-30-33)20-9-5-6-10-22(20)35-14-17-11-12-18(27)13-21(17)28/h2-13,15,24H,14H2,1H3,(H,32,34)(H,29,30,31). The molecule has 0 saturated carbocycles. The van der Waals surface area contributed by atoms with E-state index in [9.17, 15) is 4.79 Å². The minimum atomic E-state index is -0.561. The number of benzene rings is 3. The van der Waals surface area contributed by atoms with Crippen molar-refractivity contribution in [2.75, 3.05) is 10.6 Å². The summed E-state index contributed by atoms with van der Waals surface area (Å²) in [5.74, 6) is 0.895. The average Bonchev–Trinajstić information content (AvgIpc) is 3.31. The first-order chi connectivity index (χ1) is 17.0. The number of halogens is 2. The van der Waals surface area contributed by atoms with Crippen LogP contribution in [0.4, 0.5) is 11.6 Å². The second-order valence-electron chi connectivity index (χ2n) is 7.98. The number of ether oxygens (including phenoxy) is 1. The number of aromatic nitrogens is 3. The molecule has 176 valence electrons. The molecule has 4 aromatic rings. The molecule has 0 aliphatic carbocycles. The number of hydrogen-bond acceptors (Lipinski definition) is 5. The van der Waals surface area contributed by atoms with Gasteiger partial charge in [-0.15, -0.1) is 0 Å². The summed E-state index contributed by atoms with van der Waals surface area (Å²) in [5, 5.41) is 11.7. The Morgan fingerprint density at radius 3 is 2.66 bits per heavy atom. The lowest BCUT2D eigenvalue weighted by Gasteiger charge is -2.29. The van der Waals surface area contributed by atoms with Crippen LogP contribution in [0.15, 0.2) is 90.4 Å². The van der Waals surface area contributed by atoms with Crippen LogP contribution >= 0.6 is 23.2 Å². The van der Waals surface area contributed by atoms with E-state index in [1.165, 1.54) is 6.33 Å². The van der Waals surface area contributed by atoms with E-state index in [1.54, 1.807) is 16.8 Å². The SMILES string of the molecule is CC1=C(C(=O)Nc2ccccc2)C(c2ccccc2OCc2ccc(Cl)cc2Cl)n2ncnc2N1. The van der Waals surface area contributed by atoms with E-state index in [0.29, 0.717) is 38.7 Å². The minimum absolute atomic E-state index is 0.233.